The molecule has 0 bridgehead atoms. The molecular weight excluding hydrogens is 229 g/mol. The van der Waals surface area contributed by atoms with Crippen molar-refractivity contribution in [3.63, 3.8) is 0 Å². The molecule has 1 heterocycles. The van der Waals surface area contributed by atoms with Crippen LogP contribution in [-0.4, -0.2) is 10.1 Å². The van der Waals surface area contributed by atoms with Gasteiger partial charge in [0.1, 0.15) is 11.9 Å². The fraction of sp³-hybridized carbons (Fsp3) is 0.0833. The monoisotopic (exact) mass is 237 g/mol. The molecule has 0 fully saturated rings. The van der Waals surface area contributed by atoms with Crippen LogP contribution >= 0.6 is 11.6 Å². The van der Waals surface area contributed by atoms with Crippen LogP contribution in [0.5, 0.6) is 0 Å². The lowest BCUT2D eigenvalue weighted by atomic mass is 10.0. The van der Waals surface area contributed by atoms with Crippen LogP contribution in [0.25, 0.3) is 0 Å². The summed E-state index contributed by atoms with van der Waals surface area (Å²) >= 11 is 5.81. The summed E-state index contributed by atoms with van der Waals surface area (Å²) in [7, 11) is 0. The smallest absolute Gasteiger partial charge is 0.141 e. The van der Waals surface area contributed by atoms with Crippen molar-refractivity contribution in [2.45, 2.75) is 6.10 Å². The third kappa shape index (κ3) is 2.38. The van der Waals surface area contributed by atoms with Crippen LogP contribution in [0.1, 0.15) is 17.2 Å². The van der Waals surface area contributed by atoms with Crippen LogP contribution < -0.4 is 0 Å². The Balaban J connectivity index is 2.35. The highest BCUT2D eigenvalue weighted by atomic mass is 35.5. The normalized spacial score (nSPS) is 12.4. The van der Waals surface area contributed by atoms with E-state index in [4.69, 9.17) is 11.6 Å². The Morgan fingerprint density at radius 2 is 2.00 bits per heavy atom. The van der Waals surface area contributed by atoms with Gasteiger partial charge in [0.15, 0.2) is 0 Å². The molecule has 0 radical (unpaired) electrons. The molecule has 2 rings (SSSR count). The van der Waals surface area contributed by atoms with E-state index in [0.717, 1.165) is 6.20 Å². The minimum absolute atomic E-state index is 0.405. The van der Waals surface area contributed by atoms with Crippen molar-refractivity contribution in [2.24, 2.45) is 0 Å². The van der Waals surface area contributed by atoms with Gasteiger partial charge in [0.25, 0.3) is 0 Å². The molecule has 82 valence electrons. The van der Waals surface area contributed by atoms with Crippen LogP contribution in [0.2, 0.25) is 5.02 Å². The molecule has 1 unspecified atom stereocenters. The first-order chi connectivity index (χ1) is 7.66. The molecular formula is C12H9ClFNO. The molecule has 0 aliphatic rings. The average Bonchev–Trinajstić information content (AvgIpc) is 2.28. The number of pyridine rings is 1. The highest BCUT2D eigenvalue weighted by molar-refractivity contribution is 6.30. The Labute approximate surface area is 97.3 Å². The Morgan fingerprint density at radius 1 is 1.19 bits per heavy atom. The molecule has 0 amide bonds. The van der Waals surface area contributed by atoms with Crippen molar-refractivity contribution in [2.75, 3.05) is 0 Å². The van der Waals surface area contributed by atoms with E-state index in [9.17, 15) is 9.50 Å². The van der Waals surface area contributed by atoms with Gasteiger partial charge in [-0.15, -0.1) is 0 Å². The first-order valence-corrected chi connectivity index (χ1v) is 5.08. The fourth-order valence-corrected chi connectivity index (χ4v) is 1.65. The van der Waals surface area contributed by atoms with Gasteiger partial charge < -0.3 is 5.11 Å². The predicted molar refractivity (Wildman–Crippen MR) is 59.7 cm³/mol. The van der Waals surface area contributed by atoms with Gasteiger partial charge in [-0.3, -0.25) is 4.98 Å². The molecule has 4 heteroatoms. The second-order valence-corrected chi connectivity index (χ2v) is 3.83. The highest BCUT2D eigenvalue weighted by Crippen LogP contribution is 2.23. The van der Waals surface area contributed by atoms with Crippen LogP contribution in [0.4, 0.5) is 4.39 Å². The van der Waals surface area contributed by atoms with E-state index >= 15 is 0 Å². The van der Waals surface area contributed by atoms with Crippen LogP contribution in [0, 0.1) is 5.82 Å². The topological polar surface area (TPSA) is 33.1 Å². The van der Waals surface area contributed by atoms with Crippen molar-refractivity contribution in [3.8, 4) is 0 Å². The third-order valence-corrected chi connectivity index (χ3v) is 2.44. The maximum Gasteiger partial charge on any atom is 0.141 e. The largest absolute Gasteiger partial charge is 0.384 e. The molecule has 0 saturated carbocycles. The zero-order valence-corrected chi connectivity index (χ0v) is 9.03. The number of aromatic nitrogens is 1. The molecule has 0 saturated heterocycles. The van der Waals surface area contributed by atoms with Crippen LogP contribution in [-0.2, 0) is 0 Å². The standard InChI is InChI=1S/C12H9ClFNO/c13-10-3-1-2-8(4-10)12(16)9-5-11(14)7-15-6-9/h1-7,12,16H. The summed E-state index contributed by atoms with van der Waals surface area (Å²) in [5.41, 5.74) is 1.02. The van der Waals surface area contributed by atoms with Gasteiger partial charge in [-0.05, 0) is 23.8 Å². The molecule has 2 aromatic rings. The minimum atomic E-state index is -0.915. The van der Waals surface area contributed by atoms with Gasteiger partial charge in [0.2, 0.25) is 0 Å². The van der Waals surface area contributed by atoms with Crippen molar-refractivity contribution < 1.29 is 9.50 Å². The maximum atomic E-state index is 12.9. The fourth-order valence-electron chi connectivity index (χ4n) is 1.45. The Kier molecular flexibility index (Phi) is 3.17. The third-order valence-electron chi connectivity index (χ3n) is 2.21. The Bertz CT molecular complexity index is 458. The SMILES string of the molecule is OC(c1cncc(F)c1)c1cccc(Cl)c1. The summed E-state index contributed by atoms with van der Waals surface area (Å²) in [6.07, 6.45) is 1.60. The number of benzene rings is 1. The van der Waals surface area contributed by atoms with Gasteiger partial charge in [0, 0.05) is 16.8 Å². The summed E-state index contributed by atoms with van der Waals surface area (Å²) in [4.78, 5) is 3.69. The molecule has 0 aliphatic carbocycles. The number of aliphatic hydroxyl groups excluding tert-OH is 1. The quantitative estimate of drug-likeness (QED) is 0.871. The number of nitrogens with zero attached hydrogens (tertiary/aromatic N) is 1. The Hall–Kier alpha value is -1.45. The van der Waals surface area contributed by atoms with Gasteiger partial charge in [-0.2, -0.15) is 0 Å². The van der Waals surface area contributed by atoms with Crippen molar-refractivity contribution in [1.82, 2.24) is 4.98 Å². The van der Waals surface area contributed by atoms with E-state index in [2.05, 4.69) is 4.98 Å². The lowest BCUT2D eigenvalue weighted by Crippen LogP contribution is -2.00. The van der Waals surface area contributed by atoms with Gasteiger partial charge in [-0.1, -0.05) is 23.7 Å². The first-order valence-electron chi connectivity index (χ1n) is 4.71. The number of aliphatic hydroxyl groups is 1. The molecule has 0 spiro atoms. The van der Waals surface area contributed by atoms with E-state index in [-0.39, 0.29) is 0 Å². The minimum Gasteiger partial charge on any atom is -0.384 e. The lowest BCUT2D eigenvalue weighted by Gasteiger charge is -2.11. The van der Waals surface area contributed by atoms with E-state index < -0.39 is 11.9 Å². The highest BCUT2D eigenvalue weighted by Gasteiger charge is 2.11. The van der Waals surface area contributed by atoms with Gasteiger partial charge in [0.05, 0.1) is 6.20 Å². The molecule has 16 heavy (non-hydrogen) atoms. The number of halogens is 2. The maximum absolute atomic E-state index is 12.9. The van der Waals surface area contributed by atoms with E-state index in [0.29, 0.717) is 16.1 Å². The summed E-state index contributed by atoms with van der Waals surface area (Å²) < 4.78 is 12.9. The Morgan fingerprint density at radius 3 is 2.69 bits per heavy atom. The second kappa shape index (κ2) is 4.60. The molecule has 1 atom stereocenters. The van der Waals surface area contributed by atoms with Crippen LogP contribution in [0.15, 0.2) is 42.7 Å². The van der Waals surface area contributed by atoms with Crippen molar-refractivity contribution in [3.05, 3.63) is 64.7 Å². The summed E-state index contributed by atoms with van der Waals surface area (Å²) in [5, 5.41) is 10.5. The number of hydrogen-bond donors (Lipinski definition) is 1. The number of hydrogen-bond acceptors (Lipinski definition) is 2. The zero-order chi connectivity index (χ0) is 11.5. The molecule has 1 aromatic carbocycles. The molecule has 2 nitrogen and oxygen atoms in total. The van der Waals surface area contributed by atoms with Crippen LogP contribution in [0.3, 0.4) is 0 Å². The second-order valence-electron chi connectivity index (χ2n) is 3.39. The molecule has 1 aromatic heterocycles. The van der Waals surface area contributed by atoms with E-state index in [1.807, 2.05) is 0 Å². The molecule has 1 N–H and O–H groups in total. The average molecular weight is 238 g/mol. The zero-order valence-electron chi connectivity index (χ0n) is 8.27. The summed E-state index contributed by atoms with van der Waals surface area (Å²) in [6, 6.07) is 8.05. The van der Waals surface area contributed by atoms with Crippen molar-refractivity contribution in [1.29, 1.82) is 0 Å². The molecule has 0 aliphatic heterocycles. The van der Waals surface area contributed by atoms with Crippen molar-refractivity contribution >= 4 is 11.6 Å². The van der Waals surface area contributed by atoms with Gasteiger partial charge >= 0.3 is 0 Å². The van der Waals surface area contributed by atoms with Gasteiger partial charge in [-0.25, -0.2) is 4.39 Å². The summed E-state index contributed by atoms with van der Waals surface area (Å²) in [6.45, 7) is 0. The first kappa shape index (κ1) is 11.0. The lowest BCUT2D eigenvalue weighted by molar-refractivity contribution is 0.219. The van der Waals surface area contributed by atoms with E-state index in [1.165, 1.54) is 12.3 Å². The van der Waals surface area contributed by atoms with E-state index in [1.54, 1.807) is 24.3 Å². The predicted octanol–water partition coefficient (Wildman–Crippen LogP) is 2.96. The number of rotatable bonds is 2. The summed E-state index contributed by atoms with van der Waals surface area (Å²) in [5.74, 6) is -0.474.